The van der Waals surface area contributed by atoms with E-state index in [2.05, 4.69) is 18.7 Å². The lowest BCUT2D eigenvalue weighted by molar-refractivity contribution is 0.0614. The first kappa shape index (κ1) is 13.4. The van der Waals surface area contributed by atoms with Crippen molar-refractivity contribution in [3.8, 4) is 5.75 Å². The van der Waals surface area contributed by atoms with Crippen LogP contribution in [0.2, 0.25) is 0 Å². The Balaban J connectivity index is 2.04. The van der Waals surface area contributed by atoms with Gasteiger partial charge in [-0.3, -0.25) is 4.90 Å². The third-order valence-corrected chi connectivity index (χ3v) is 3.80. The Bertz CT molecular complexity index is 375. The van der Waals surface area contributed by atoms with Gasteiger partial charge in [-0.2, -0.15) is 0 Å². The van der Waals surface area contributed by atoms with E-state index in [9.17, 15) is 5.11 Å². The fraction of sp³-hybridized carbons (Fsp3) is 0.600. The molecule has 1 N–H and O–H groups in total. The normalized spacial score (nSPS) is 21.4. The number of phenols is 1. The van der Waals surface area contributed by atoms with Crippen LogP contribution in [0.15, 0.2) is 24.3 Å². The van der Waals surface area contributed by atoms with Crippen molar-refractivity contribution in [3.05, 3.63) is 29.8 Å². The minimum absolute atomic E-state index is 0.223. The molecule has 2 rings (SSSR count). The molecule has 18 heavy (non-hydrogen) atoms. The Hall–Kier alpha value is -1.06. The van der Waals surface area contributed by atoms with E-state index < -0.39 is 0 Å². The summed E-state index contributed by atoms with van der Waals surface area (Å²) in [6, 6.07) is 7.82. The molecule has 100 valence electrons. The molecule has 2 atom stereocenters. The zero-order valence-electron chi connectivity index (χ0n) is 11.3. The predicted octanol–water partition coefficient (Wildman–Crippen LogP) is 2.95. The molecule has 0 saturated carbocycles. The van der Waals surface area contributed by atoms with Crippen LogP contribution >= 0.6 is 0 Å². The monoisotopic (exact) mass is 249 g/mol. The van der Waals surface area contributed by atoms with E-state index in [1.165, 1.54) is 6.42 Å². The molecule has 1 aromatic carbocycles. The molecule has 3 heteroatoms. The summed E-state index contributed by atoms with van der Waals surface area (Å²) in [4.78, 5) is 2.37. The molecule has 1 aliphatic rings. The van der Waals surface area contributed by atoms with Crippen LogP contribution in [0.4, 0.5) is 0 Å². The molecule has 1 heterocycles. The number of benzene rings is 1. The number of phenolic OH excluding ortho intramolecular Hbond substituents is 1. The molecule has 1 fully saturated rings. The lowest BCUT2D eigenvalue weighted by Crippen LogP contribution is -2.34. The van der Waals surface area contributed by atoms with Gasteiger partial charge in [-0.05, 0) is 32.4 Å². The fourth-order valence-corrected chi connectivity index (χ4v) is 2.65. The Morgan fingerprint density at radius 1 is 1.44 bits per heavy atom. The van der Waals surface area contributed by atoms with Gasteiger partial charge in [0.2, 0.25) is 0 Å². The second-order valence-corrected chi connectivity index (χ2v) is 4.96. The van der Waals surface area contributed by atoms with Crippen LogP contribution in [0.25, 0.3) is 0 Å². The zero-order valence-corrected chi connectivity index (χ0v) is 11.3. The molecule has 0 spiro atoms. The summed E-state index contributed by atoms with van der Waals surface area (Å²) < 4.78 is 5.70. The van der Waals surface area contributed by atoms with E-state index in [0.29, 0.717) is 11.9 Å². The van der Waals surface area contributed by atoms with Gasteiger partial charge in [0, 0.05) is 24.8 Å². The molecule has 0 radical (unpaired) electrons. The molecule has 1 aromatic rings. The van der Waals surface area contributed by atoms with Crippen molar-refractivity contribution in [2.45, 2.75) is 38.8 Å². The van der Waals surface area contributed by atoms with Gasteiger partial charge in [0.25, 0.3) is 0 Å². The van der Waals surface area contributed by atoms with Crippen molar-refractivity contribution in [3.63, 3.8) is 0 Å². The van der Waals surface area contributed by atoms with Gasteiger partial charge in [-0.25, -0.2) is 0 Å². The molecular weight excluding hydrogens is 226 g/mol. The molecule has 1 aliphatic heterocycles. The van der Waals surface area contributed by atoms with Gasteiger partial charge in [-0.15, -0.1) is 0 Å². The molecule has 2 unspecified atom stereocenters. The van der Waals surface area contributed by atoms with Crippen LogP contribution in [-0.4, -0.2) is 35.8 Å². The summed E-state index contributed by atoms with van der Waals surface area (Å²) in [5.74, 6) is 0.385. The third kappa shape index (κ3) is 3.03. The highest BCUT2D eigenvalue weighted by atomic mass is 16.5. The molecule has 0 amide bonds. The zero-order chi connectivity index (χ0) is 13.0. The lowest BCUT2D eigenvalue weighted by atomic mass is 10.0. The number of likely N-dealkylation sites (N-methyl/N-ethyl adjacent to an activating group) is 1. The van der Waals surface area contributed by atoms with Gasteiger partial charge in [-0.1, -0.05) is 25.1 Å². The number of hydrogen-bond acceptors (Lipinski definition) is 3. The number of para-hydroxylation sites is 1. The average Bonchev–Trinajstić information content (AvgIpc) is 2.88. The fourth-order valence-electron chi connectivity index (χ4n) is 2.65. The van der Waals surface area contributed by atoms with E-state index in [4.69, 9.17) is 4.74 Å². The standard InChI is InChI=1S/C15H23NO2/c1-3-16(11-13-7-6-10-18-13)12(2)14-8-4-5-9-15(14)17/h4-5,8-9,12-13,17H,3,6-7,10-11H2,1-2H3. The van der Waals surface area contributed by atoms with Gasteiger partial charge in [0.1, 0.15) is 5.75 Å². The summed E-state index contributed by atoms with van der Waals surface area (Å²) in [7, 11) is 0. The topological polar surface area (TPSA) is 32.7 Å². The SMILES string of the molecule is CCN(CC1CCCO1)C(C)c1ccccc1O. The largest absolute Gasteiger partial charge is 0.508 e. The number of rotatable bonds is 5. The van der Waals surface area contributed by atoms with Gasteiger partial charge in [0.15, 0.2) is 0 Å². The minimum atomic E-state index is 0.223. The Labute approximate surface area is 109 Å². The van der Waals surface area contributed by atoms with Gasteiger partial charge in [0.05, 0.1) is 6.10 Å². The summed E-state index contributed by atoms with van der Waals surface area (Å²) in [6.07, 6.45) is 2.69. The Morgan fingerprint density at radius 2 is 2.22 bits per heavy atom. The van der Waals surface area contributed by atoms with E-state index in [-0.39, 0.29) is 6.04 Å². The summed E-state index contributed by atoms with van der Waals surface area (Å²) in [6.45, 7) is 7.12. The van der Waals surface area contributed by atoms with Crippen molar-refractivity contribution in [1.29, 1.82) is 0 Å². The van der Waals surface area contributed by atoms with E-state index in [1.807, 2.05) is 18.2 Å². The Kier molecular flexibility index (Phi) is 4.61. The summed E-state index contributed by atoms with van der Waals surface area (Å²) >= 11 is 0. The van der Waals surface area contributed by atoms with Crippen LogP contribution in [0.3, 0.4) is 0 Å². The second kappa shape index (κ2) is 6.21. The highest BCUT2D eigenvalue weighted by Crippen LogP contribution is 2.28. The summed E-state index contributed by atoms with van der Waals surface area (Å²) in [5.41, 5.74) is 0.998. The maximum absolute atomic E-state index is 9.93. The van der Waals surface area contributed by atoms with Gasteiger partial charge < -0.3 is 9.84 Å². The maximum Gasteiger partial charge on any atom is 0.120 e. The lowest BCUT2D eigenvalue weighted by Gasteiger charge is -2.30. The van der Waals surface area contributed by atoms with E-state index >= 15 is 0 Å². The molecule has 3 nitrogen and oxygen atoms in total. The highest BCUT2D eigenvalue weighted by Gasteiger charge is 2.23. The van der Waals surface area contributed by atoms with Crippen molar-refractivity contribution >= 4 is 0 Å². The van der Waals surface area contributed by atoms with Crippen LogP contribution in [0.1, 0.15) is 38.3 Å². The van der Waals surface area contributed by atoms with Gasteiger partial charge >= 0.3 is 0 Å². The molecular formula is C15H23NO2. The van der Waals surface area contributed by atoms with Crippen molar-refractivity contribution < 1.29 is 9.84 Å². The predicted molar refractivity (Wildman–Crippen MR) is 72.7 cm³/mol. The minimum Gasteiger partial charge on any atom is -0.508 e. The van der Waals surface area contributed by atoms with Crippen LogP contribution in [-0.2, 0) is 4.74 Å². The first-order chi connectivity index (χ1) is 8.72. The third-order valence-electron chi connectivity index (χ3n) is 3.80. The number of hydrogen-bond donors (Lipinski definition) is 1. The maximum atomic E-state index is 9.93. The van der Waals surface area contributed by atoms with E-state index in [0.717, 1.165) is 31.7 Å². The van der Waals surface area contributed by atoms with Crippen molar-refractivity contribution in [2.24, 2.45) is 0 Å². The number of aromatic hydroxyl groups is 1. The van der Waals surface area contributed by atoms with Crippen LogP contribution in [0, 0.1) is 0 Å². The van der Waals surface area contributed by atoms with Crippen molar-refractivity contribution in [2.75, 3.05) is 19.7 Å². The molecule has 0 aromatic heterocycles. The quantitative estimate of drug-likeness (QED) is 0.871. The molecule has 0 aliphatic carbocycles. The van der Waals surface area contributed by atoms with Crippen molar-refractivity contribution in [1.82, 2.24) is 4.90 Å². The van der Waals surface area contributed by atoms with E-state index in [1.54, 1.807) is 6.07 Å². The number of ether oxygens (including phenoxy) is 1. The highest BCUT2D eigenvalue weighted by molar-refractivity contribution is 5.34. The number of nitrogens with zero attached hydrogens (tertiary/aromatic N) is 1. The van der Waals surface area contributed by atoms with Crippen LogP contribution < -0.4 is 0 Å². The Morgan fingerprint density at radius 3 is 2.83 bits per heavy atom. The van der Waals surface area contributed by atoms with Crippen LogP contribution in [0.5, 0.6) is 5.75 Å². The first-order valence-electron chi connectivity index (χ1n) is 6.86. The average molecular weight is 249 g/mol. The smallest absolute Gasteiger partial charge is 0.120 e. The first-order valence-corrected chi connectivity index (χ1v) is 6.86. The summed E-state index contributed by atoms with van der Waals surface area (Å²) in [5, 5.41) is 9.93. The molecule has 0 bridgehead atoms. The second-order valence-electron chi connectivity index (χ2n) is 4.96. The molecule has 1 saturated heterocycles.